The summed E-state index contributed by atoms with van der Waals surface area (Å²) in [7, 11) is 0. The number of carbonyl (C=O) groups is 1. The number of hydrogen-bond donors (Lipinski definition) is 0. The minimum atomic E-state index is -0.321. The van der Waals surface area contributed by atoms with Gasteiger partial charge in [0.2, 0.25) is 0 Å². The van der Waals surface area contributed by atoms with E-state index in [1.54, 1.807) is 34.9 Å². The fourth-order valence-corrected chi connectivity index (χ4v) is 4.05. The maximum atomic E-state index is 14.4. The van der Waals surface area contributed by atoms with Crippen molar-refractivity contribution < 1.29 is 13.9 Å². The Morgan fingerprint density at radius 1 is 1.07 bits per heavy atom. The zero-order valence-electron chi connectivity index (χ0n) is 15.8. The maximum absolute atomic E-state index is 14.4. The highest BCUT2D eigenvalue weighted by Gasteiger charge is 2.21. The van der Waals surface area contributed by atoms with Gasteiger partial charge in [0.05, 0.1) is 18.7 Å². The van der Waals surface area contributed by atoms with E-state index in [9.17, 15) is 9.18 Å². The predicted molar refractivity (Wildman–Crippen MR) is 109 cm³/mol. The third-order valence-corrected chi connectivity index (χ3v) is 5.72. The number of ether oxygens (including phenoxy) is 1. The summed E-state index contributed by atoms with van der Waals surface area (Å²) < 4.78 is 21.3. The SMILES string of the molecule is O=C1OCCN1CCCSc1nnc(-c2ccccc2F)n1Cc1ccccc1. The van der Waals surface area contributed by atoms with Crippen LogP contribution < -0.4 is 0 Å². The molecule has 1 aliphatic rings. The molecule has 0 atom stereocenters. The summed E-state index contributed by atoms with van der Waals surface area (Å²) in [6.07, 6.45) is 0.566. The molecule has 150 valence electrons. The summed E-state index contributed by atoms with van der Waals surface area (Å²) in [5.74, 6) is 0.962. The molecule has 2 aromatic carbocycles. The average molecular weight is 412 g/mol. The zero-order chi connectivity index (χ0) is 20.1. The number of thioether (sulfide) groups is 1. The molecule has 8 heteroatoms. The van der Waals surface area contributed by atoms with Gasteiger partial charge >= 0.3 is 6.09 Å². The number of amides is 1. The summed E-state index contributed by atoms with van der Waals surface area (Å²) in [5.41, 5.74) is 1.52. The van der Waals surface area contributed by atoms with Crippen molar-refractivity contribution in [3.8, 4) is 11.4 Å². The molecule has 0 radical (unpaired) electrons. The number of carbonyl (C=O) groups excluding carboxylic acids is 1. The number of hydrogen-bond acceptors (Lipinski definition) is 5. The topological polar surface area (TPSA) is 60.2 Å². The molecule has 6 nitrogen and oxygen atoms in total. The summed E-state index contributed by atoms with van der Waals surface area (Å²) >= 11 is 1.56. The first kappa shape index (κ1) is 19.4. The quantitative estimate of drug-likeness (QED) is 0.412. The Labute approximate surface area is 172 Å². The Balaban J connectivity index is 1.51. The van der Waals surface area contributed by atoms with Crippen LogP contribution in [0.4, 0.5) is 9.18 Å². The van der Waals surface area contributed by atoms with Crippen LogP contribution in [0, 0.1) is 5.82 Å². The smallest absolute Gasteiger partial charge is 0.409 e. The molecule has 0 bridgehead atoms. The minimum absolute atomic E-state index is 0.246. The molecule has 1 saturated heterocycles. The third kappa shape index (κ3) is 4.59. The van der Waals surface area contributed by atoms with Crippen LogP contribution in [0.25, 0.3) is 11.4 Å². The molecular formula is C21H21FN4O2S. The Morgan fingerprint density at radius 3 is 2.62 bits per heavy atom. The van der Waals surface area contributed by atoms with Gasteiger partial charge in [0, 0.05) is 12.3 Å². The molecule has 0 N–H and O–H groups in total. The largest absolute Gasteiger partial charge is 0.448 e. The van der Waals surface area contributed by atoms with Gasteiger partial charge in [-0.05, 0) is 24.1 Å². The number of halogens is 1. The second kappa shape index (κ2) is 9.09. The van der Waals surface area contributed by atoms with Crippen LogP contribution >= 0.6 is 11.8 Å². The minimum Gasteiger partial charge on any atom is -0.448 e. The van der Waals surface area contributed by atoms with Gasteiger partial charge in [-0.3, -0.25) is 4.57 Å². The third-order valence-electron chi connectivity index (χ3n) is 4.66. The van der Waals surface area contributed by atoms with Crippen LogP contribution in [-0.2, 0) is 11.3 Å². The lowest BCUT2D eigenvalue weighted by molar-refractivity contribution is 0.158. The van der Waals surface area contributed by atoms with Crippen LogP contribution in [0.3, 0.4) is 0 Å². The summed E-state index contributed by atoms with van der Waals surface area (Å²) in [4.78, 5) is 13.2. The Morgan fingerprint density at radius 2 is 1.86 bits per heavy atom. The van der Waals surface area contributed by atoms with E-state index in [1.807, 2.05) is 34.9 Å². The van der Waals surface area contributed by atoms with Gasteiger partial charge in [-0.15, -0.1) is 10.2 Å². The van der Waals surface area contributed by atoms with Crippen LogP contribution in [0.5, 0.6) is 0 Å². The molecule has 0 unspecified atom stereocenters. The van der Waals surface area contributed by atoms with Gasteiger partial charge in [0.15, 0.2) is 11.0 Å². The Kier molecular flexibility index (Phi) is 6.09. The molecule has 2 heterocycles. The Hall–Kier alpha value is -2.87. The second-order valence-corrected chi connectivity index (χ2v) is 7.72. The predicted octanol–water partition coefficient (Wildman–Crippen LogP) is 4.07. The van der Waals surface area contributed by atoms with Gasteiger partial charge in [0.25, 0.3) is 0 Å². The molecule has 29 heavy (non-hydrogen) atoms. The first-order valence-corrected chi connectivity index (χ1v) is 10.5. The highest BCUT2D eigenvalue weighted by molar-refractivity contribution is 7.99. The highest BCUT2D eigenvalue weighted by Crippen LogP contribution is 2.27. The van der Waals surface area contributed by atoms with E-state index >= 15 is 0 Å². The second-order valence-electron chi connectivity index (χ2n) is 6.66. The van der Waals surface area contributed by atoms with E-state index in [2.05, 4.69) is 10.2 Å². The highest BCUT2D eigenvalue weighted by atomic mass is 32.2. The first-order valence-electron chi connectivity index (χ1n) is 9.49. The van der Waals surface area contributed by atoms with Gasteiger partial charge in [0.1, 0.15) is 12.4 Å². The summed E-state index contributed by atoms with van der Waals surface area (Å²) in [5, 5.41) is 9.33. The van der Waals surface area contributed by atoms with Crippen LogP contribution in [0.1, 0.15) is 12.0 Å². The van der Waals surface area contributed by atoms with Crippen LogP contribution in [-0.4, -0.2) is 51.2 Å². The van der Waals surface area contributed by atoms with Crippen LogP contribution in [0.2, 0.25) is 0 Å². The normalized spacial score (nSPS) is 13.7. The molecule has 1 fully saturated rings. The average Bonchev–Trinajstić information content (AvgIpc) is 3.33. The molecule has 0 saturated carbocycles. The number of benzene rings is 2. The van der Waals surface area contributed by atoms with Crippen molar-refractivity contribution in [3.63, 3.8) is 0 Å². The van der Waals surface area contributed by atoms with E-state index < -0.39 is 0 Å². The lowest BCUT2D eigenvalue weighted by Gasteiger charge is -2.13. The molecule has 0 aliphatic carbocycles. The maximum Gasteiger partial charge on any atom is 0.409 e. The lowest BCUT2D eigenvalue weighted by Crippen LogP contribution is -2.25. The molecular weight excluding hydrogens is 391 g/mol. The van der Waals surface area contributed by atoms with Gasteiger partial charge in [-0.1, -0.05) is 54.2 Å². The lowest BCUT2D eigenvalue weighted by atomic mass is 10.2. The van der Waals surface area contributed by atoms with E-state index in [0.717, 1.165) is 22.9 Å². The summed E-state index contributed by atoms with van der Waals surface area (Å²) in [6.45, 7) is 2.31. The van der Waals surface area contributed by atoms with Crippen molar-refractivity contribution in [2.75, 3.05) is 25.4 Å². The van der Waals surface area contributed by atoms with Crippen molar-refractivity contribution in [3.05, 3.63) is 66.0 Å². The van der Waals surface area contributed by atoms with E-state index in [-0.39, 0.29) is 11.9 Å². The molecule has 1 aliphatic heterocycles. The summed E-state index contributed by atoms with van der Waals surface area (Å²) in [6, 6.07) is 16.6. The number of aromatic nitrogens is 3. The number of rotatable bonds is 8. The van der Waals surface area contributed by atoms with Crippen molar-refractivity contribution in [2.24, 2.45) is 0 Å². The van der Waals surface area contributed by atoms with Crippen molar-refractivity contribution in [2.45, 2.75) is 18.1 Å². The number of cyclic esters (lactones) is 1. The molecule has 3 aromatic rings. The molecule has 1 aromatic heterocycles. The fraction of sp³-hybridized carbons (Fsp3) is 0.286. The molecule has 1 amide bonds. The van der Waals surface area contributed by atoms with Crippen LogP contribution in [0.15, 0.2) is 59.8 Å². The van der Waals surface area contributed by atoms with E-state index in [0.29, 0.717) is 37.6 Å². The van der Waals surface area contributed by atoms with E-state index in [4.69, 9.17) is 4.74 Å². The first-order chi connectivity index (χ1) is 14.2. The van der Waals surface area contributed by atoms with Crippen molar-refractivity contribution in [1.82, 2.24) is 19.7 Å². The van der Waals surface area contributed by atoms with Gasteiger partial charge in [-0.2, -0.15) is 0 Å². The van der Waals surface area contributed by atoms with Gasteiger partial charge in [-0.25, -0.2) is 9.18 Å². The zero-order valence-corrected chi connectivity index (χ0v) is 16.6. The van der Waals surface area contributed by atoms with Gasteiger partial charge < -0.3 is 9.64 Å². The van der Waals surface area contributed by atoms with Crippen molar-refractivity contribution in [1.29, 1.82) is 0 Å². The Bertz CT molecular complexity index is 980. The number of nitrogens with zero attached hydrogens (tertiary/aromatic N) is 4. The fourth-order valence-electron chi connectivity index (χ4n) is 3.19. The van der Waals surface area contributed by atoms with Crippen molar-refractivity contribution >= 4 is 17.9 Å². The standard InChI is InChI=1S/C21H21FN4O2S/c22-18-10-5-4-9-17(18)19-23-24-20(26(19)15-16-7-2-1-3-8-16)29-14-6-11-25-12-13-28-21(25)27/h1-5,7-10H,6,11-15H2. The molecule has 4 rings (SSSR count). The van der Waals surface area contributed by atoms with E-state index in [1.165, 1.54) is 6.07 Å². The molecule has 0 spiro atoms. The monoisotopic (exact) mass is 412 g/mol.